The van der Waals surface area contributed by atoms with Crippen LogP contribution in [0.25, 0.3) is 6.08 Å². The predicted molar refractivity (Wildman–Crippen MR) is 116 cm³/mol. The lowest BCUT2D eigenvalue weighted by atomic mass is 10.1. The molecule has 0 bridgehead atoms. The Bertz CT molecular complexity index is 933. The van der Waals surface area contributed by atoms with E-state index in [1.54, 1.807) is 26.4 Å². The number of piperazine rings is 1. The van der Waals surface area contributed by atoms with Gasteiger partial charge in [-0.15, -0.1) is 0 Å². The SMILES string of the molecule is COc1cccc(/C=C/C(=O)N2CCN(Cc3ccc4c(c3)CCO4)CC2)c1OC. The van der Waals surface area contributed by atoms with E-state index in [2.05, 4.69) is 23.1 Å². The van der Waals surface area contributed by atoms with E-state index in [-0.39, 0.29) is 5.91 Å². The van der Waals surface area contributed by atoms with Crippen LogP contribution in [0.1, 0.15) is 16.7 Å². The zero-order chi connectivity index (χ0) is 20.9. The van der Waals surface area contributed by atoms with Gasteiger partial charge in [0.2, 0.25) is 5.91 Å². The molecule has 6 nitrogen and oxygen atoms in total. The van der Waals surface area contributed by atoms with Gasteiger partial charge in [-0.1, -0.05) is 24.3 Å². The predicted octanol–water partition coefficient (Wildman–Crippen LogP) is 3.00. The number of hydrogen-bond acceptors (Lipinski definition) is 5. The number of hydrogen-bond donors (Lipinski definition) is 0. The third-order valence-electron chi connectivity index (χ3n) is 5.68. The van der Waals surface area contributed by atoms with E-state index in [4.69, 9.17) is 14.2 Å². The van der Waals surface area contributed by atoms with Crippen molar-refractivity contribution in [2.45, 2.75) is 13.0 Å². The summed E-state index contributed by atoms with van der Waals surface area (Å²) >= 11 is 0. The van der Waals surface area contributed by atoms with E-state index in [0.717, 1.165) is 57.1 Å². The van der Waals surface area contributed by atoms with Crippen molar-refractivity contribution in [3.63, 3.8) is 0 Å². The van der Waals surface area contributed by atoms with Crippen molar-refractivity contribution in [2.24, 2.45) is 0 Å². The van der Waals surface area contributed by atoms with Gasteiger partial charge in [-0.05, 0) is 29.3 Å². The molecule has 0 unspecified atom stereocenters. The van der Waals surface area contributed by atoms with Crippen molar-refractivity contribution in [1.82, 2.24) is 9.80 Å². The lowest BCUT2D eigenvalue weighted by Crippen LogP contribution is -2.47. The largest absolute Gasteiger partial charge is 0.493 e. The molecule has 0 N–H and O–H groups in total. The van der Waals surface area contributed by atoms with Crippen molar-refractivity contribution in [3.8, 4) is 17.2 Å². The number of carbonyl (C=O) groups excluding carboxylic acids is 1. The van der Waals surface area contributed by atoms with Crippen LogP contribution in [0.3, 0.4) is 0 Å². The van der Waals surface area contributed by atoms with Gasteiger partial charge in [-0.2, -0.15) is 0 Å². The molecule has 2 aromatic rings. The molecule has 0 spiro atoms. The van der Waals surface area contributed by atoms with Crippen LogP contribution >= 0.6 is 0 Å². The van der Waals surface area contributed by atoms with Crippen LogP contribution in [0.2, 0.25) is 0 Å². The van der Waals surface area contributed by atoms with Crippen LogP contribution in [0.4, 0.5) is 0 Å². The van der Waals surface area contributed by atoms with Crippen LogP contribution < -0.4 is 14.2 Å². The van der Waals surface area contributed by atoms with Gasteiger partial charge < -0.3 is 19.1 Å². The van der Waals surface area contributed by atoms with Gasteiger partial charge in [0.1, 0.15) is 5.75 Å². The molecule has 2 heterocycles. The summed E-state index contributed by atoms with van der Waals surface area (Å²) in [6, 6.07) is 12.1. The molecule has 0 radical (unpaired) electrons. The van der Waals surface area contributed by atoms with Crippen molar-refractivity contribution in [3.05, 3.63) is 59.2 Å². The molecular formula is C24H28N2O4. The third-order valence-corrected chi connectivity index (χ3v) is 5.68. The Balaban J connectivity index is 1.32. The Morgan fingerprint density at radius 1 is 1.10 bits per heavy atom. The standard InChI is InChI=1S/C24H28N2O4/c1-28-22-5-3-4-19(24(22)29-2)7-9-23(27)26-13-11-25(12-14-26)17-18-6-8-21-20(16-18)10-15-30-21/h3-9,16H,10-15,17H2,1-2H3/b9-7+. The highest BCUT2D eigenvalue weighted by molar-refractivity contribution is 5.92. The average molecular weight is 408 g/mol. The number of carbonyl (C=O) groups is 1. The van der Waals surface area contributed by atoms with Gasteiger partial charge in [0, 0.05) is 50.8 Å². The summed E-state index contributed by atoms with van der Waals surface area (Å²) in [5.41, 5.74) is 3.44. The van der Waals surface area contributed by atoms with E-state index in [0.29, 0.717) is 11.5 Å². The number of fused-ring (bicyclic) bond motifs is 1. The summed E-state index contributed by atoms with van der Waals surface area (Å²) < 4.78 is 16.3. The highest BCUT2D eigenvalue weighted by Gasteiger charge is 2.20. The molecule has 6 heteroatoms. The molecule has 1 fully saturated rings. The second-order valence-corrected chi connectivity index (χ2v) is 7.56. The van der Waals surface area contributed by atoms with Gasteiger partial charge in [-0.3, -0.25) is 9.69 Å². The normalized spacial score (nSPS) is 16.4. The summed E-state index contributed by atoms with van der Waals surface area (Å²) in [4.78, 5) is 17.0. The van der Waals surface area contributed by atoms with Gasteiger partial charge in [0.15, 0.2) is 11.5 Å². The Morgan fingerprint density at radius 2 is 1.93 bits per heavy atom. The molecule has 0 aromatic heterocycles. The molecule has 2 aromatic carbocycles. The Kier molecular flexibility index (Phi) is 6.23. The third kappa shape index (κ3) is 4.44. The first-order valence-corrected chi connectivity index (χ1v) is 10.3. The smallest absolute Gasteiger partial charge is 0.246 e. The molecule has 158 valence electrons. The van der Waals surface area contributed by atoms with E-state index >= 15 is 0 Å². The second kappa shape index (κ2) is 9.22. The van der Waals surface area contributed by atoms with Crippen LogP contribution in [0.5, 0.6) is 17.2 Å². The van der Waals surface area contributed by atoms with E-state index < -0.39 is 0 Å². The minimum atomic E-state index is 0.0224. The fourth-order valence-corrected chi connectivity index (χ4v) is 4.03. The van der Waals surface area contributed by atoms with E-state index in [9.17, 15) is 4.79 Å². The Morgan fingerprint density at radius 3 is 2.70 bits per heavy atom. The maximum Gasteiger partial charge on any atom is 0.246 e. The number of ether oxygens (including phenoxy) is 3. The fraction of sp³-hybridized carbons (Fsp3) is 0.375. The first kappa shape index (κ1) is 20.3. The number of rotatable bonds is 6. The van der Waals surface area contributed by atoms with E-state index in [1.165, 1.54) is 11.1 Å². The maximum atomic E-state index is 12.7. The molecule has 4 rings (SSSR count). The van der Waals surface area contributed by atoms with Gasteiger partial charge in [0.05, 0.1) is 20.8 Å². The van der Waals surface area contributed by atoms with E-state index in [1.807, 2.05) is 23.1 Å². The minimum Gasteiger partial charge on any atom is -0.493 e. The summed E-state index contributed by atoms with van der Waals surface area (Å²) in [5, 5.41) is 0. The second-order valence-electron chi connectivity index (χ2n) is 7.56. The van der Waals surface area contributed by atoms with Crippen molar-refractivity contribution in [2.75, 3.05) is 47.0 Å². The molecule has 0 atom stereocenters. The van der Waals surface area contributed by atoms with Crippen LogP contribution in [0, 0.1) is 0 Å². The monoisotopic (exact) mass is 408 g/mol. The summed E-state index contributed by atoms with van der Waals surface area (Å²) in [6.45, 7) is 4.89. The van der Waals surface area contributed by atoms with Crippen LogP contribution in [0.15, 0.2) is 42.5 Å². The summed E-state index contributed by atoms with van der Waals surface area (Å²) in [5.74, 6) is 2.33. The van der Waals surface area contributed by atoms with Gasteiger partial charge in [0.25, 0.3) is 0 Å². The molecule has 2 aliphatic rings. The average Bonchev–Trinajstić information content (AvgIpc) is 3.25. The Labute approximate surface area is 177 Å². The van der Waals surface area contributed by atoms with Crippen LogP contribution in [-0.2, 0) is 17.8 Å². The zero-order valence-corrected chi connectivity index (χ0v) is 17.6. The number of benzene rings is 2. The van der Waals surface area contributed by atoms with Gasteiger partial charge >= 0.3 is 0 Å². The van der Waals surface area contributed by atoms with Crippen LogP contribution in [-0.4, -0.2) is 62.7 Å². The molecule has 30 heavy (non-hydrogen) atoms. The highest BCUT2D eigenvalue weighted by atomic mass is 16.5. The van der Waals surface area contributed by atoms with Crippen molar-refractivity contribution in [1.29, 1.82) is 0 Å². The minimum absolute atomic E-state index is 0.0224. The lowest BCUT2D eigenvalue weighted by molar-refractivity contribution is -0.127. The Hall–Kier alpha value is -2.99. The molecular weight excluding hydrogens is 380 g/mol. The quantitative estimate of drug-likeness (QED) is 0.688. The first-order chi connectivity index (χ1) is 14.7. The van der Waals surface area contributed by atoms with Crippen molar-refractivity contribution < 1.29 is 19.0 Å². The molecule has 1 saturated heterocycles. The summed E-state index contributed by atoms with van der Waals surface area (Å²) in [6.07, 6.45) is 4.41. The zero-order valence-electron chi connectivity index (χ0n) is 17.6. The maximum absolute atomic E-state index is 12.7. The molecule has 2 aliphatic heterocycles. The number of amides is 1. The summed E-state index contributed by atoms with van der Waals surface area (Å²) in [7, 11) is 3.21. The first-order valence-electron chi connectivity index (χ1n) is 10.3. The lowest BCUT2D eigenvalue weighted by Gasteiger charge is -2.34. The number of nitrogens with zero attached hydrogens (tertiary/aromatic N) is 2. The topological polar surface area (TPSA) is 51.2 Å². The highest BCUT2D eigenvalue weighted by Crippen LogP contribution is 2.31. The number of methoxy groups -OCH3 is 2. The fourth-order valence-electron chi connectivity index (χ4n) is 4.03. The molecule has 0 aliphatic carbocycles. The molecule has 1 amide bonds. The number of para-hydroxylation sites is 1. The van der Waals surface area contributed by atoms with Crippen molar-refractivity contribution >= 4 is 12.0 Å². The molecule has 0 saturated carbocycles. The van der Waals surface area contributed by atoms with Gasteiger partial charge in [-0.25, -0.2) is 0 Å².